The second-order valence-electron chi connectivity index (χ2n) is 5.67. The Kier molecular flexibility index (Phi) is 3.69. The molecule has 108 valence electrons. The monoisotopic (exact) mass is 296 g/mol. The van der Waals surface area contributed by atoms with Crippen LogP contribution in [0.3, 0.4) is 0 Å². The van der Waals surface area contributed by atoms with Gasteiger partial charge in [0, 0.05) is 48.1 Å². The summed E-state index contributed by atoms with van der Waals surface area (Å²) in [4.78, 5) is 14.4. The molecule has 1 N–H and O–H groups in total. The molecule has 0 aromatic heterocycles. The van der Waals surface area contributed by atoms with Gasteiger partial charge in [0.1, 0.15) is 5.82 Å². The molecule has 1 heterocycles. The van der Waals surface area contributed by atoms with E-state index >= 15 is 0 Å². The second kappa shape index (κ2) is 5.34. The molecule has 1 aromatic carbocycles. The average Bonchev–Trinajstić information content (AvgIpc) is 3.18. The van der Waals surface area contributed by atoms with Crippen LogP contribution in [-0.4, -0.2) is 36.5 Å². The molecule has 3 atom stereocenters. The quantitative estimate of drug-likeness (QED) is 0.909. The van der Waals surface area contributed by atoms with Crippen LogP contribution in [0.1, 0.15) is 24.8 Å². The highest BCUT2D eigenvalue weighted by molar-refractivity contribution is 6.31. The van der Waals surface area contributed by atoms with Gasteiger partial charge in [-0.3, -0.25) is 4.79 Å². The van der Waals surface area contributed by atoms with Crippen molar-refractivity contribution in [3.8, 4) is 0 Å². The highest BCUT2D eigenvalue weighted by Gasteiger charge is 2.48. The number of hydrogen-bond donors (Lipinski definition) is 1. The normalized spacial score (nSPS) is 29.4. The van der Waals surface area contributed by atoms with E-state index in [0.717, 1.165) is 19.6 Å². The molecular formula is C15H18ClFN2O. The number of carbonyl (C=O) groups is 1. The van der Waals surface area contributed by atoms with Crippen LogP contribution in [0, 0.1) is 11.7 Å². The zero-order valence-electron chi connectivity index (χ0n) is 11.4. The van der Waals surface area contributed by atoms with Crippen molar-refractivity contribution in [1.29, 1.82) is 0 Å². The Bertz CT molecular complexity index is 516. The maximum atomic E-state index is 13.9. The van der Waals surface area contributed by atoms with Gasteiger partial charge in [0.2, 0.25) is 5.91 Å². The Hall–Kier alpha value is -1.13. The number of benzene rings is 1. The predicted molar refractivity (Wildman–Crippen MR) is 76.3 cm³/mol. The van der Waals surface area contributed by atoms with Crippen LogP contribution >= 0.6 is 11.6 Å². The summed E-state index contributed by atoms with van der Waals surface area (Å²) in [7, 11) is 0. The Morgan fingerprint density at radius 2 is 2.30 bits per heavy atom. The molecule has 0 bridgehead atoms. The zero-order chi connectivity index (χ0) is 14.3. The number of nitrogens with zero attached hydrogens (tertiary/aromatic N) is 1. The van der Waals surface area contributed by atoms with Gasteiger partial charge in [0.15, 0.2) is 0 Å². The van der Waals surface area contributed by atoms with Crippen molar-refractivity contribution in [3.63, 3.8) is 0 Å². The molecule has 1 aliphatic carbocycles. The lowest BCUT2D eigenvalue weighted by Crippen LogP contribution is -2.52. The molecule has 1 amide bonds. The summed E-state index contributed by atoms with van der Waals surface area (Å²) in [5, 5.41) is 3.69. The zero-order valence-corrected chi connectivity index (χ0v) is 12.2. The minimum absolute atomic E-state index is 0.0571. The number of hydrogen-bond acceptors (Lipinski definition) is 2. The summed E-state index contributed by atoms with van der Waals surface area (Å²) in [6.07, 6.45) is 0.704. The van der Waals surface area contributed by atoms with Crippen molar-refractivity contribution in [3.05, 3.63) is 34.6 Å². The van der Waals surface area contributed by atoms with E-state index in [-0.39, 0.29) is 29.6 Å². The molecule has 1 aromatic rings. The van der Waals surface area contributed by atoms with Crippen LogP contribution < -0.4 is 5.32 Å². The fourth-order valence-corrected chi connectivity index (χ4v) is 3.34. The van der Waals surface area contributed by atoms with E-state index in [2.05, 4.69) is 5.32 Å². The molecule has 1 saturated heterocycles. The topological polar surface area (TPSA) is 32.3 Å². The van der Waals surface area contributed by atoms with Gasteiger partial charge in [-0.2, -0.15) is 0 Å². The van der Waals surface area contributed by atoms with E-state index in [4.69, 9.17) is 11.6 Å². The van der Waals surface area contributed by atoms with E-state index in [1.165, 1.54) is 6.07 Å². The smallest absolute Gasteiger partial charge is 0.226 e. The Balaban J connectivity index is 1.74. The van der Waals surface area contributed by atoms with Crippen LogP contribution in [0.4, 0.5) is 4.39 Å². The standard InChI is InChI=1S/C15H18ClFN2O/c1-9-8-18-5-6-19(9)15(20)11-7-10(11)14-12(16)3-2-4-13(14)17/h2-4,9-11,18H,5-8H2,1H3/t9-,10?,11?/m1/s1. The van der Waals surface area contributed by atoms with Gasteiger partial charge in [0.05, 0.1) is 0 Å². The summed E-state index contributed by atoms with van der Waals surface area (Å²) >= 11 is 6.07. The van der Waals surface area contributed by atoms with Gasteiger partial charge >= 0.3 is 0 Å². The highest BCUT2D eigenvalue weighted by Crippen LogP contribution is 2.51. The Morgan fingerprint density at radius 3 is 3.00 bits per heavy atom. The summed E-state index contributed by atoms with van der Waals surface area (Å²) in [6.45, 7) is 4.42. The van der Waals surface area contributed by atoms with Gasteiger partial charge in [0.25, 0.3) is 0 Å². The summed E-state index contributed by atoms with van der Waals surface area (Å²) < 4.78 is 13.9. The number of carbonyl (C=O) groups excluding carboxylic acids is 1. The molecule has 20 heavy (non-hydrogen) atoms. The molecule has 2 aliphatic rings. The number of amides is 1. The first-order chi connectivity index (χ1) is 9.59. The van der Waals surface area contributed by atoms with E-state index in [1.807, 2.05) is 11.8 Å². The fourth-order valence-electron chi connectivity index (χ4n) is 3.03. The number of piperazine rings is 1. The van der Waals surface area contributed by atoms with Crippen LogP contribution in [0.2, 0.25) is 5.02 Å². The number of nitrogens with one attached hydrogen (secondary N) is 1. The first-order valence-corrected chi connectivity index (χ1v) is 7.42. The molecule has 3 nitrogen and oxygen atoms in total. The Morgan fingerprint density at radius 1 is 1.50 bits per heavy atom. The third-order valence-electron chi connectivity index (χ3n) is 4.26. The van der Waals surface area contributed by atoms with Crippen molar-refractivity contribution >= 4 is 17.5 Å². The number of rotatable bonds is 2. The minimum atomic E-state index is -0.300. The molecule has 1 saturated carbocycles. The van der Waals surface area contributed by atoms with Gasteiger partial charge in [-0.15, -0.1) is 0 Å². The van der Waals surface area contributed by atoms with Crippen LogP contribution in [0.5, 0.6) is 0 Å². The van der Waals surface area contributed by atoms with Gasteiger partial charge in [-0.25, -0.2) is 4.39 Å². The van der Waals surface area contributed by atoms with E-state index in [0.29, 0.717) is 17.0 Å². The third-order valence-corrected chi connectivity index (χ3v) is 4.59. The number of halogens is 2. The molecular weight excluding hydrogens is 279 g/mol. The van der Waals surface area contributed by atoms with Crippen molar-refractivity contribution in [1.82, 2.24) is 10.2 Å². The van der Waals surface area contributed by atoms with Gasteiger partial charge in [-0.05, 0) is 25.5 Å². The summed E-state index contributed by atoms with van der Waals surface area (Å²) in [5.41, 5.74) is 0.510. The van der Waals surface area contributed by atoms with Crippen LogP contribution in [0.25, 0.3) is 0 Å². The summed E-state index contributed by atoms with van der Waals surface area (Å²) in [5.74, 6) is -0.322. The van der Waals surface area contributed by atoms with Crippen LogP contribution in [-0.2, 0) is 4.79 Å². The van der Waals surface area contributed by atoms with Crippen LogP contribution in [0.15, 0.2) is 18.2 Å². The predicted octanol–water partition coefficient (Wildman–Crippen LogP) is 2.40. The van der Waals surface area contributed by atoms with Crippen molar-refractivity contribution < 1.29 is 9.18 Å². The molecule has 2 fully saturated rings. The maximum Gasteiger partial charge on any atom is 0.226 e. The van der Waals surface area contributed by atoms with E-state index in [9.17, 15) is 9.18 Å². The summed E-state index contributed by atoms with van der Waals surface area (Å²) in [6, 6.07) is 4.90. The van der Waals surface area contributed by atoms with Crippen molar-refractivity contribution in [2.75, 3.05) is 19.6 Å². The SMILES string of the molecule is C[C@@H]1CNCCN1C(=O)C1CC1c1c(F)cccc1Cl. The molecule has 3 rings (SSSR count). The van der Waals surface area contributed by atoms with E-state index in [1.54, 1.807) is 12.1 Å². The lowest BCUT2D eigenvalue weighted by Gasteiger charge is -2.34. The minimum Gasteiger partial charge on any atom is -0.337 e. The van der Waals surface area contributed by atoms with Crippen molar-refractivity contribution in [2.24, 2.45) is 5.92 Å². The lowest BCUT2D eigenvalue weighted by molar-refractivity contribution is -0.135. The van der Waals surface area contributed by atoms with Crippen molar-refractivity contribution in [2.45, 2.75) is 25.3 Å². The van der Waals surface area contributed by atoms with Gasteiger partial charge in [-0.1, -0.05) is 17.7 Å². The largest absolute Gasteiger partial charge is 0.337 e. The maximum absolute atomic E-state index is 13.9. The molecule has 5 heteroatoms. The fraction of sp³-hybridized carbons (Fsp3) is 0.533. The van der Waals surface area contributed by atoms with E-state index < -0.39 is 0 Å². The molecule has 0 spiro atoms. The van der Waals surface area contributed by atoms with Gasteiger partial charge < -0.3 is 10.2 Å². The lowest BCUT2D eigenvalue weighted by atomic mass is 10.1. The first kappa shape index (κ1) is 13.8. The highest BCUT2D eigenvalue weighted by atomic mass is 35.5. The molecule has 2 unspecified atom stereocenters. The molecule has 0 radical (unpaired) electrons. The Labute approximate surface area is 123 Å². The first-order valence-electron chi connectivity index (χ1n) is 7.04. The average molecular weight is 297 g/mol. The molecule has 1 aliphatic heterocycles. The second-order valence-corrected chi connectivity index (χ2v) is 6.08. The third kappa shape index (κ3) is 2.42.